The van der Waals surface area contributed by atoms with Crippen LogP contribution in [0.1, 0.15) is 194 Å². The maximum atomic E-state index is 12.6. The molecule has 0 heterocycles. The molecule has 10 heteroatoms. The van der Waals surface area contributed by atoms with Crippen molar-refractivity contribution < 1.29 is 37.6 Å². The van der Waals surface area contributed by atoms with Crippen LogP contribution in [-0.4, -0.2) is 49.3 Å². The van der Waals surface area contributed by atoms with Crippen LogP contribution >= 0.6 is 7.82 Å². The lowest BCUT2D eigenvalue weighted by atomic mass is 10.0. The molecule has 0 saturated heterocycles. The average Bonchev–Trinajstić information content (AvgIpc) is 3.17. The van der Waals surface area contributed by atoms with Crippen LogP contribution in [0, 0.1) is 0 Å². The topological polar surface area (TPSA) is 134 Å². The molecule has 9 nitrogen and oxygen atoms in total. The highest BCUT2D eigenvalue weighted by atomic mass is 31.2. The van der Waals surface area contributed by atoms with Crippen LogP contribution in [0.4, 0.5) is 0 Å². The predicted octanol–water partition coefficient (Wildman–Crippen LogP) is 12.7. The molecule has 0 aliphatic rings. The van der Waals surface area contributed by atoms with Gasteiger partial charge in [-0.2, -0.15) is 0 Å². The summed E-state index contributed by atoms with van der Waals surface area (Å²) in [6.07, 6.45) is 47.2. The molecule has 0 aliphatic carbocycles. The van der Waals surface area contributed by atoms with Gasteiger partial charge < -0.3 is 20.1 Å². The number of carbonyl (C=O) groups is 2. The van der Waals surface area contributed by atoms with Crippen molar-refractivity contribution in [2.75, 3.05) is 26.4 Å². The molecule has 0 saturated carbocycles. The average molecular weight is 796 g/mol. The Morgan fingerprint density at radius 2 is 1.00 bits per heavy atom. The zero-order chi connectivity index (χ0) is 40.3. The van der Waals surface area contributed by atoms with E-state index in [9.17, 15) is 19.0 Å². The van der Waals surface area contributed by atoms with Crippen LogP contribution in [-0.2, 0) is 32.7 Å². The number of phosphoric ester groups is 1. The molecule has 0 amide bonds. The van der Waals surface area contributed by atoms with Gasteiger partial charge in [-0.05, 0) is 51.4 Å². The largest absolute Gasteiger partial charge is 0.472 e. The van der Waals surface area contributed by atoms with Crippen molar-refractivity contribution in [1.29, 1.82) is 0 Å². The van der Waals surface area contributed by atoms with Gasteiger partial charge in [0.1, 0.15) is 6.61 Å². The number of allylic oxidation sites excluding steroid dienone is 8. The van der Waals surface area contributed by atoms with Crippen LogP contribution in [0.25, 0.3) is 0 Å². The Labute approximate surface area is 336 Å². The van der Waals surface area contributed by atoms with Crippen LogP contribution in [0.15, 0.2) is 48.6 Å². The van der Waals surface area contributed by atoms with E-state index in [0.29, 0.717) is 6.42 Å². The van der Waals surface area contributed by atoms with Crippen LogP contribution < -0.4 is 5.73 Å². The zero-order valence-electron chi connectivity index (χ0n) is 35.2. The van der Waals surface area contributed by atoms with E-state index in [1.165, 1.54) is 103 Å². The number of rotatable bonds is 41. The van der Waals surface area contributed by atoms with Gasteiger partial charge in [-0.3, -0.25) is 18.6 Å². The number of unbranched alkanes of at least 4 members (excludes halogenated alkanes) is 20. The molecule has 0 aromatic carbocycles. The van der Waals surface area contributed by atoms with Gasteiger partial charge >= 0.3 is 19.8 Å². The minimum atomic E-state index is -4.39. The van der Waals surface area contributed by atoms with E-state index in [0.717, 1.165) is 57.8 Å². The number of phosphoric acid groups is 1. The molecule has 0 spiro atoms. The molecule has 0 aromatic rings. The third-order valence-corrected chi connectivity index (χ3v) is 10.2. The summed E-state index contributed by atoms with van der Waals surface area (Å²) in [5.41, 5.74) is 5.34. The maximum Gasteiger partial charge on any atom is 0.472 e. The molecule has 2 unspecified atom stereocenters. The lowest BCUT2D eigenvalue weighted by Crippen LogP contribution is -2.29. The highest BCUT2D eigenvalue weighted by Crippen LogP contribution is 2.43. The first-order chi connectivity index (χ1) is 26.8. The number of carbonyl (C=O) groups excluding carboxylic acids is 2. The number of hydrogen-bond acceptors (Lipinski definition) is 8. The van der Waals surface area contributed by atoms with Gasteiger partial charge in [-0.1, -0.05) is 178 Å². The Bertz CT molecular complexity index is 1040. The number of ether oxygens (including phenoxy) is 2. The van der Waals surface area contributed by atoms with E-state index < -0.39 is 32.5 Å². The normalized spacial score (nSPS) is 13.7. The van der Waals surface area contributed by atoms with E-state index in [-0.39, 0.29) is 32.6 Å². The van der Waals surface area contributed by atoms with Crippen LogP contribution in [0.5, 0.6) is 0 Å². The minimum absolute atomic E-state index is 0.0460. The number of hydrogen-bond donors (Lipinski definition) is 2. The zero-order valence-corrected chi connectivity index (χ0v) is 36.0. The second kappa shape index (κ2) is 41.6. The number of esters is 2. The lowest BCUT2D eigenvalue weighted by molar-refractivity contribution is -0.161. The second-order valence-electron chi connectivity index (χ2n) is 14.5. The summed E-state index contributed by atoms with van der Waals surface area (Å²) in [6, 6.07) is 0. The third-order valence-electron chi connectivity index (χ3n) is 9.23. The number of nitrogens with two attached hydrogens (primary N) is 1. The first-order valence-electron chi connectivity index (χ1n) is 22.1. The fourth-order valence-electron chi connectivity index (χ4n) is 5.98. The summed E-state index contributed by atoms with van der Waals surface area (Å²) in [5.74, 6) is -0.873. The van der Waals surface area contributed by atoms with Crippen molar-refractivity contribution in [3.63, 3.8) is 0 Å². The monoisotopic (exact) mass is 796 g/mol. The van der Waals surface area contributed by atoms with Crippen molar-refractivity contribution in [3.8, 4) is 0 Å². The van der Waals surface area contributed by atoms with Crippen molar-refractivity contribution >= 4 is 19.8 Å². The third kappa shape index (κ3) is 41.4. The fourth-order valence-corrected chi connectivity index (χ4v) is 6.74. The summed E-state index contributed by atoms with van der Waals surface area (Å²) in [5, 5.41) is 0. The molecular weight excluding hydrogens is 713 g/mol. The van der Waals surface area contributed by atoms with Gasteiger partial charge in [-0.15, -0.1) is 0 Å². The molecule has 0 bridgehead atoms. The van der Waals surface area contributed by atoms with Crippen LogP contribution in [0.2, 0.25) is 0 Å². The standard InChI is InChI=1S/C45H82NO8P/c1-3-5-7-9-11-13-15-17-19-20-21-22-24-25-27-29-31-33-35-37-44(47)51-41-43(42-53-55(49,50)52-40-39-46)54-45(48)38-36-34-32-30-28-26-23-18-16-14-12-10-8-6-4-2/h6,8,12,14,18,23,28,30,43H,3-5,7,9-11,13,15-17,19-22,24-27,29,31-42,46H2,1-2H3,(H,49,50)/b8-6-,14-12-,23-18-,30-28-. The second-order valence-corrected chi connectivity index (χ2v) is 16.0. The summed E-state index contributed by atoms with van der Waals surface area (Å²) in [7, 11) is -4.39. The predicted molar refractivity (Wildman–Crippen MR) is 229 cm³/mol. The summed E-state index contributed by atoms with van der Waals surface area (Å²) in [4.78, 5) is 34.9. The van der Waals surface area contributed by atoms with Gasteiger partial charge in [0.15, 0.2) is 6.10 Å². The molecule has 0 aliphatic heterocycles. The van der Waals surface area contributed by atoms with E-state index in [2.05, 4.69) is 62.5 Å². The quantitative estimate of drug-likeness (QED) is 0.0268. The SMILES string of the molecule is CC/C=C\C/C=C\C/C=C\C/C=C\CCCCC(=O)OC(COC(=O)CCCCCCCCCCCCCCCCCCCCC)COP(=O)(O)OCCN. The highest BCUT2D eigenvalue weighted by molar-refractivity contribution is 7.47. The molecular formula is C45H82NO8P. The van der Waals surface area contributed by atoms with E-state index in [1.807, 2.05) is 0 Å². The van der Waals surface area contributed by atoms with Gasteiger partial charge in [0.05, 0.1) is 13.2 Å². The molecule has 0 fully saturated rings. The highest BCUT2D eigenvalue weighted by Gasteiger charge is 2.26. The van der Waals surface area contributed by atoms with Gasteiger partial charge in [-0.25, -0.2) is 4.57 Å². The fraction of sp³-hybridized carbons (Fsp3) is 0.778. The first kappa shape index (κ1) is 53.0. The van der Waals surface area contributed by atoms with E-state index >= 15 is 0 Å². The summed E-state index contributed by atoms with van der Waals surface area (Å²) in [6.45, 7) is 3.58. The molecule has 0 aromatic heterocycles. The molecule has 2 atom stereocenters. The Hall–Kier alpha value is -2.03. The van der Waals surface area contributed by atoms with Crippen LogP contribution in [0.3, 0.4) is 0 Å². The lowest BCUT2D eigenvalue weighted by Gasteiger charge is -2.19. The summed E-state index contributed by atoms with van der Waals surface area (Å²) < 4.78 is 32.7. The van der Waals surface area contributed by atoms with Crippen molar-refractivity contribution in [2.24, 2.45) is 5.73 Å². The van der Waals surface area contributed by atoms with Gasteiger partial charge in [0.25, 0.3) is 0 Å². The molecule has 0 rings (SSSR count). The first-order valence-corrected chi connectivity index (χ1v) is 23.6. The van der Waals surface area contributed by atoms with E-state index in [4.69, 9.17) is 24.3 Å². The Kier molecular flexibility index (Phi) is 40.1. The van der Waals surface area contributed by atoms with Gasteiger partial charge in [0.2, 0.25) is 0 Å². The smallest absolute Gasteiger partial charge is 0.462 e. The summed E-state index contributed by atoms with van der Waals surface area (Å²) >= 11 is 0. The van der Waals surface area contributed by atoms with Crippen molar-refractivity contribution in [2.45, 2.75) is 200 Å². The van der Waals surface area contributed by atoms with Crippen molar-refractivity contribution in [3.05, 3.63) is 48.6 Å². The molecule has 0 radical (unpaired) electrons. The Morgan fingerprint density at radius 1 is 0.564 bits per heavy atom. The minimum Gasteiger partial charge on any atom is -0.462 e. The Balaban J connectivity index is 4.15. The van der Waals surface area contributed by atoms with E-state index in [1.54, 1.807) is 0 Å². The maximum absolute atomic E-state index is 12.6. The molecule has 55 heavy (non-hydrogen) atoms. The van der Waals surface area contributed by atoms with Gasteiger partial charge in [0, 0.05) is 19.4 Å². The molecule has 3 N–H and O–H groups in total. The van der Waals surface area contributed by atoms with Crippen molar-refractivity contribution in [1.82, 2.24) is 0 Å². The molecule has 320 valence electrons. The Morgan fingerprint density at radius 3 is 1.49 bits per heavy atom.